The third-order valence-electron chi connectivity index (χ3n) is 8.99. The second-order valence-electron chi connectivity index (χ2n) is 15.0. The minimum Gasteiger partial charge on any atom is -0.469 e. The molecule has 21 heteroatoms. The van der Waals surface area contributed by atoms with E-state index in [1.165, 1.54) is 16.8 Å². The zero-order valence-electron chi connectivity index (χ0n) is 35.6. The molecule has 0 spiro atoms. The van der Waals surface area contributed by atoms with Gasteiger partial charge in [-0.1, -0.05) is 58.8 Å². The van der Waals surface area contributed by atoms with Crippen molar-refractivity contribution in [2.75, 3.05) is 46.7 Å². The number of nitrogens with zero attached hydrogens (tertiary/aromatic N) is 5. The molecule has 0 heterocycles. The predicted molar refractivity (Wildman–Crippen MR) is 217 cm³/mol. The number of azide groups is 1. The first kappa shape index (κ1) is 51.1. The molecule has 0 fully saturated rings. The van der Waals surface area contributed by atoms with Crippen LogP contribution < -0.4 is 32.3 Å². The van der Waals surface area contributed by atoms with Crippen LogP contribution in [0.25, 0.3) is 10.4 Å². The van der Waals surface area contributed by atoms with E-state index < -0.39 is 84.3 Å². The molecule has 0 aromatic heterocycles. The average molecular weight is 832 g/mol. The van der Waals surface area contributed by atoms with Crippen molar-refractivity contribution in [3.8, 4) is 0 Å². The van der Waals surface area contributed by atoms with Gasteiger partial charge in [-0.05, 0) is 60.4 Å². The van der Waals surface area contributed by atoms with Crippen molar-refractivity contribution in [1.82, 2.24) is 31.1 Å². The van der Waals surface area contributed by atoms with Crippen LogP contribution in [0.5, 0.6) is 0 Å². The summed E-state index contributed by atoms with van der Waals surface area (Å²) in [5.41, 5.74) is 15.2. The van der Waals surface area contributed by atoms with Gasteiger partial charge in [0.2, 0.25) is 35.4 Å². The number of esters is 1. The summed E-state index contributed by atoms with van der Waals surface area (Å²) in [6, 6.07) is 1.05. The molecule has 0 aliphatic heterocycles. The van der Waals surface area contributed by atoms with Crippen LogP contribution in [0.15, 0.2) is 29.4 Å². The number of hydrogen-bond donors (Lipinski definition) is 6. The summed E-state index contributed by atoms with van der Waals surface area (Å²) in [6.07, 6.45) is -1.15. The monoisotopic (exact) mass is 831 g/mol. The van der Waals surface area contributed by atoms with E-state index in [-0.39, 0.29) is 50.2 Å². The van der Waals surface area contributed by atoms with Crippen LogP contribution in [-0.4, -0.2) is 129 Å². The maximum atomic E-state index is 13.5. The average Bonchev–Trinajstić information content (AvgIpc) is 3.17. The molecule has 1 rings (SSSR count). The molecule has 0 aliphatic rings. The minimum atomic E-state index is -1.28. The van der Waals surface area contributed by atoms with E-state index >= 15 is 0 Å². The van der Waals surface area contributed by atoms with Gasteiger partial charge in [-0.25, -0.2) is 4.79 Å². The lowest BCUT2D eigenvalue weighted by Crippen LogP contribution is -2.58. The summed E-state index contributed by atoms with van der Waals surface area (Å²) >= 11 is 0. The van der Waals surface area contributed by atoms with Crippen LogP contribution in [0.1, 0.15) is 66.4 Å². The van der Waals surface area contributed by atoms with Crippen molar-refractivity contribution in [2.24, 2.45) is 28.6 Å². The fourth-order valence-corrected chi connectivity index (χ4v) is 5.69. The molecule has 328 valence electrons. The fourth-order valence-electron chi connectivity index (χ4n) is 5.69. The lowest BCUT2D eigenvalue weighted by Gasteiger charge is -2.32. The first-order valence-corrected chi connectivity index (χ1v) is 19.2. The van der Waals surface area contributed by atoms with E-state index in [1.54, 1.807) is 66.1 Å². The molecule has 0 unspecified atom stereocenters. The number of likely N-dealkylation sites (N-methyl/N-ethyl adjacent to an activating group) is 2. The number of methoxy groups -OCH3 is 1. The van der Waals surface area contributed by atoms with Crippen LogP contribution in [0.3, 0.4) is 0 Å². The smallest absolute Gasteiger partial charge is 0.410 e. The highest BCUT2D eigenvalue weighted by atomic mass is 16.6. The molecule has 5 atom stereocenters. The second-order valence-corrected chi connectivity index (χ2v) is 15.0. The van der Waals surface area contributed by atoms with Gasteiger partial charge in [0.05, 0.1) is 7.11 Å². The molecule has 0 saturated carbocycles. The largest absolute Gasteiger partial charge is 0.469 e. The highest BCUT2D eigenvalue weighted by Gasteiger charge is 2.35. The van der Waals surface area contributed by atoms with Gasteiger partial charge in [-0.2, -0.15) is 0 Å². The van der Waals surface area contributed by atoms with Gasteiger partial charge in [-0.3, -0.25) is 38.5 Å². The van der Waals surface area contributed by atoms with Gasteiger partial charge in [0.15, 0.2) is 0 Å². The Morgan fingerprint density at radius 1 is 0.763 bits per heavy atom. The number of hydrogen-bond acceptors (Lipinski definition) is 12. The maximum absolute atomic E-state index is 13.5. The Bertz CT molecular complexity index is 1660. The SMILES string of the molecule is COC(=O)CC[C@H](NC(=O)CN=[N+]=[N-])C(=O)N[C@H](C(=O)N[C@@H](CCN)C(=O)Nc1ccc(COC(=O)N(C)[C@H](C(=O)N[C@H](C(=O)N(C)C)C(C)C)C(C)C)cc1)C(C)C. The fraction of sp³-hybridized carbons (Fsp3) is 0.632. The first-order chi connectivity index (χ1) is 27.7. The highest BCUT2D eigenvalue weighted by Crippen LogP contribution is 2.16. The van der Waals surface area contributed by atoms with E-state index in [9.17, 15) is 38.4 Å². The van der Waals surface area contributed by atoms with Gasteiger partial charge in [0.1, 0.15) is 43.4 Å². The van der Waals surface area contributed by atoms with E-state index in [1.807, 2.05) is 13.8 Å². The number of benzene rings is 1. The summed E-state index contributed by atoms with van der Waals surface area (Å²) < 4.78 is 10.1. The normalized spacial score (nSPS) is 13.4. The molecule has 0 saturated heterocycles. The molecule has 0 aliphatic carbocycles. The summed E-state index contributed by atoms with van der Waals surface area (Å²) in [5, 5.41) is 16.2. The molecule has 21 nitrogen and oxygen atoms in total. The Labute approximate surface area is 344 Å². The number of carbonyl (C=O) groups excluding carboxylic acids is 8. The Kier molecular flexibility index (Phi) is 22.0. The zero-order chi connectivity index (χ0) is 45.0. The number of amides is 7. The number of nitrogens with one attached hydrogen (secondary N) is 5. The maximum Gasteiger partial charge on any atom is 0.410 e. The Morgan fingerprint density at radius 3 is 1.85 bits per heavy atom. The summed E-state index contributed by atoms with van der Waals surface area (Å²) in [7, 11) is 5.80. The molecule has 7 amide bonds. The number of ether oxygens (including phenoxy) is 2. The van der Waals surface area contributed by atoms with Gasteiger partial charge in [0.25, 0.3) is 0 Å². The molecule has 1 aromatic carbocycles. The van der Waals surface area contributed by atoms with E-state index in [2.05, 4.69) is 41.3 Å². The lowest BCUT2D eigenvalue weighted by atomic mass is 9.99. The van der Waals surface area contributed by atoms with E-state index in [0.29, 0.717) is 11.3 Å². The Hall–Kier alpha value is -5.95. The summed E-state index contributed by atoms with van der Waals surface area (Å²) in [6.45, 7) is 9.75. The van der Waals surface area contributed by atoms with Crippen LogP contribution in [-0.2, 0) is 49.6 Å². The van der Waals surface area contributed by atoms with Crippen molar-refractivity contribution >= 4 is 53.2 Å². The molecule has 0 radical (unpaired) electrons. The van der Waals surface area contributed by atoms with E-state index in [4.69, 9.17) is 16.0 Å². The third kappa shape index (κ3) is 17.2. The van der Waals surface area contributed by atoms with Crippen LogP contribution >= 0.6 is 0 Å². The molecule has 7 N–H and O–H groups in total. The van der Waals surface area contributed by atoms with Gasteiger partial charge >= 0.3 is 12.1 Å². The molecular formula is C38H61N11O10. The second kappa shape index (κ2) is 25.4. The number of carbonyl (C=O) groups is 8. The van der Waals surface area contributed by atoms with Crippen molar-refractivity contribution in [3.05, 3.63) is 40.3 Å². The highest BCUT2D eigenvalue weighted by molar-refractivity contribution is 5.99. The number of rotatable bonds is 23. The topological polar surface area (TPSA) is 296 Å². The first-order valence-electron chi connectivity index (χ1n) is 19.2. The zero-order valence-corrected chi connectivity index (χ0v) is 35.6. The van der Waals surface area contributed by atoms with Crippen molar-refractivity contribution < 1.29 is 47.8 Å². The minimum absolute atomic E-state index is 0.0223. The summed E-state index contributed by atoms with van der Waals surface area (Å²) in [5.74, 6) is -5.30. The molecule has 1 aromatic rings. The van der Waals surface area contributed by atoms with E-state index in [0.717, 1.165) is 7.11 Å². The van der Waals surface area contributed by atoms with Crippen LogP contribution in [0.4, 0.5) is 10.5 Å². The molecule has 59 heavy (non-hydrogen) atoms. The molecule has 0 bridgehead atoms. The van der Waals surface area contributed by atoms with Crippen molar-refractivity contribution in [3.63, 3.8) is 0 Å². The van der Waals surface area contributed by atoms with Crippen LogP contribution in [0.2, 0.25) is 0 Å². The van der Waals surface area contributed by atoms with Crippen molar-refractivity contribution in [1.29, 1.82) is 0 Å². The quantitative estimate of drug-likeness (QED) is 0.0394. The lowest BCUT2D eigenvalue weighted by molar-refractivity contribution is -0.141. The number of anilines is 1. The van der Waals surface area contributed by atoms with Gasteiger partial charge < -0.3 is 46.7 Å². The van der Waals surface area contributed by atoms with Gasteiger partial charge in [-0.15, -0.1) is 0 Å². The Balaban J connectivity index is 2.99. The summed E-state index contributed by atoms with van der Waals surface area (Å²) in [4.78, 5) is 108. The molecular weight excluding hydrogens is 770 g/mol. The Morgan fingerprint density at radius 2 is 1.34 bits per heavy atom. The third-order valence-corrected chi connectivity index (χ3v) is 8.99. The predicted octanol–water partition coefficient (Wildman–Crippen LogP) is 1.17. The van der Waals surface area contributed by atoms with Gasteiger partial charge in [0, 0.05) is 38.2 Å². The van der Waals surface area contributed by atoms with Crippen LogP contribution in [0, 0.1) is 17.8 Å². The number of nitrogens with two attached hydrogens (primary N) is 1. The standard InChI is InChI=1S/C38H61N11O10/c1-21(2)30(45-34(53)26(15-16-29(51)58-10)43-28(50)19-41-47-40)35(54)44-27(17-18-39)33(52)42-25-13-11-24(12-14-25)20-59-38(57)49(9)32(23(5)6)36(55)46-31(22(3)4)37(56)48(7)8/h11-14,21-23,26-27,30-32H,15-20,39H2,1-10H3,(H,42,52)(H,43,50)(H,44,54)(H,45,53)(H,46,55)/t26-,27-,30-,31-,32-/m0/s1. The van der Waals surface area contributed by atoms with Crippen molar-refractivity contribution in [2.45, 2.75) is 97.6 Å².